The van der Waals surface area contributed by atoms with Crippen molar-refractivity contribution in [3.8, 4) is 45.5 Å². The molecule has 11 heteroatoms. The third-order valence-corrected chi connectivity index (χ3v) is 6.47. The van der Waals surface area contributed by atoms with E-state index in [0.717, 1.165) is 11.0 Å². The van der Waals surface area contributed by atoms with E-state index in [1.165, 1.54) is 14.2 Å². The molecule has 0 aliphatic rings. The maximum Gasteiger partial charge on any atom is 0.241 e. The van der Waals surface area contributed by atoms with Gasteiger partial charge in [0.25, 0.3) is 0 Å². The van der Waals surface area contributed by atoms with Crippen LogP contribution in [-0.2, 0) is 11.2 Å². The van der Waals surface area contributed by atoms with Gasteiger partial charge < -0.3 is 34.4 Å². The zero-order chi connectivity index (χ0) is 28.2. The van der Waals surface area contributed by atoms with Gasteiger partial charge in [-0.25, -0.2) is 0 Å². The van der Waals surface area contributed by atoms with Crippen LogP contribution >= 0.6 is 0 Å². The Morgan fingerprint density at radius 2 is 1.65 bits per heavy atom. The normalized spacial score (nSPS) is 11.7. The molecule has 0 spiro atoms. The summed E-state index contributed by atoms with van der Waals surface area (Å²) >= 11 is 0. The number of fused-ring (bicyclic) bond motifs is 1. The topological polar surface area (TPSA) is 147 Å². The molecule has 206 valence electrons. The number of hydrogen-bond donors (Lipinski definition) is 3. The van der Waals surface area contributed by atoms with E-state index in [1.807, 2.05) is 36.4 Å². The van der Waals surface area contributed by atoms with Gasteiger partial charge in [0.05, 0.1) is 45.9 Å². The van der Waals surface area contributed by atoms with Crippen LogP contribution in [0.4, 0.5) is 5.69 Å². The van der Waals surface area contributed by atoms with Crippen LogP contribution in [0.2, 0.25) is 0 Å². The second-order valence-electron chi connectivity index (χ2n) is 8.91. The number of rotatable bonds is 10. The molecular formula is C29H29N5O6. The summed E-state index contributed by atoms with van der Waals surface area (Å²) in [6, 6.07) is 17.6. The molecule has 1 unspecified atom stereocenters. The van der Waals surface area contributed by atoms with Gasteiger partial charge in [0.1, 0.15) is 22.8 Å². The number of ether oxygens (including phenoxy) is 4. The van der Waals surface area contributed by atoms with Crippen molar-refractivity contribution in [3.05, 3.63) is 66.4 Å². The van der Waals surface area contributed by atoms with Gasteiger partial charge in [-0.3, -0.25) is 9.89 Å². The summed E-state index contributed by atoms with van der Waals surface area (Å²) in [7, 11) is 6.15. The Bertz CT molecular complexity index is 1600. The van der Waals surface area contributed by atoms with Gasteiger partial charge in [0, 0.05) is 22.9 Å². The van der Waals surface area contributed by atoms with Crippen LogP contribution in [0.3, 0.4) is 0 Å². The van der Waals surface area contributed by atoms with Crippen molar-refractivity contribution in [3.63, 3.8) is 0 Å². The number of nitrogens with two attached hydrogens (primary N) is 1. The van der Waals surface area contributed by atoms with E-state index in [-0.39, 0.29) is 12.3 Å². The summed E-state index contributed by atoms with van der Waals surface area (Å²) < 4.78 is 27.7. The molecule has 11 nitrogen and oxygen atoms in total. The summed E-state index contributed by atoms with van der Waals surface area (Å²) in [5.41, 5.74) is 9.98. The van der Waals surface area contributed by atoms with Crippen LogP contribution in [-0.4, -0.2) is 55.8 Å². The maximum atomic E-state index is 13.1. The van der Waals surface area contributed by atoms with E-state index >= 15 is 0 Å². The molecule has 5 aromatic rings. The van der Waals surface area contributed by atoms with Gasteiger partial charge in [-0.1, -0.05) is 23.4 Å². The van der Waals surface area contributed by atoms with Gasteiger partial charge in [0.2, 0.25) is 11.7 Å². The molecule has 0 saturated heterocycles. The van der Waals surface area contributed by atoms with Gasteiger partial charge in [0.15, 0.2) is 11.5 Å². The molecule has 0 bridgehead atoms. The van der Waals surface area contributed by atoms with E-state index in [0.29, 0.717) is 57.0 Å². The second-order valence-corrected chi connectivity index (χ2v) is 8.91. The predicted octanol–water partition coefficient (Wildman–Crippen LogP) is 4.43. The zero-order valence-corrected chi connectivity index (χ0v) is 22.5. The van der Waals surface area contributed by atoms with E-state index < -0.39 is 6.04 Å². The molecule has 2 heterocycles. The van der Waals surface area contributed by atoms with Crippen LogP contribution < -0.4 is 30.0 Å². The molecule has 5 rings (SSSR count). The van der Waals surface area contributed by atoms with E-state index in [1.54, 1.807) is 38.5 Å². The largest absolute Gasteiger partial charge is 0.495 e. The van der Waals surface area contributed by atoms with Crippen LogP contribution in [0, 0.1) is 0 Å². The molecule has 1 amide bonds. The number of nitrogens with one attached hydrogen (secondary N) is 2. The Kier molecular flexibility index (Phi) is 7.56. The number of benzene rings is 3. The molecule has 2 aromatic heterocycles. The van der Waals surface area contributed by atoms with E-state index in [2.05, 4.69) is 20.7 Å². The van der Waals surface area contributed by atoms with Crippen molar-refractivity contribution in [1.29, 1.82) is 0 Å². The molecular weight excluding hydrogens is 514 g/mol. The SMILES string of the molecule is COc1ccc(-c2[nH]nnc2-c2cc(OC)c(OC)c(OC)c2)cc1NC(=O)C(N)Cc1cc2ccccc2o1. The van der Waals surface area contributed by atoms with Crippen LogP contribution in [0.15, 0.2) is 65.1 Å². The highest BCUT2D eigenvalue weighted by Crippen LogP contribution is 2.42. The van der Waals surface area contributed by atoms with Crippen LogP contribution in [0.5, 0.6) is 23.0 Å². The number of furan rings is 1. The number of aromatic nitrogens is 3. The Morgan fingerprint density at radius 1 is 0.925 bits per heavy atom. The monoisotopic (exact) mass is 543 g/mol. The maximum absolute atomic E-state index is 13.1. The number of anilines is 1. The number of amides is 1. The number of aromatic amines is 1. The zero-order valence-electron chi connectivity index (χ0n) is 22.5. The van der Waals surface area contributed by atoms with Crippen molar-refractivity contribution < 1.29 is 28.2 Å². The minimum absolute atomic E-state index is 0.234. The number of methoxy groups -OCH3 is 4. The van der Waals surface area contributed by atoms with Crippen molar-refractivity contribution >= 4 is 22.6 Å². The molecule has 0 saturated carbocycles. The average Bonchev–Trinajstić information content (AvgIpc) is 3.63. The summed E-state index contributed by atoms with van der Waals surface area (Å²) in [6.07, 6.45) is 0.234. The fourth-order valence-corrected chi connectivity index (χ4v) is 4.48. The lowest BCUT2D eigenvalue weighted by molar-refractivity contribution is -0.117. The summed E-state index contributed by atoms with van der Waals surface area (Å²) in [5.74, 6) is 2.13. The first-order chi connectivity index (χ1) is 19.4. The average molecular weight is 544 g/mol. The summed E-state index contributed by atoms with van der Waals surface area (Å²) in [4.78, 5) is 13.1. The van der Waals surface area contributed by atoms with Gasteiger partial charge in [-0.15, -0.1) is 5.10 Å². The number of H-pyrrole nitrogens is 1. The molecule has 0 aliphatic carbocycles. The Balaban J connectivity index is 1.42. The second kappa shape index (κ2) is 11.4. The van der Waals surface area contributed by atoms with E-state index in [4.69, 9.17) is 29.1 Å². The number of para-hydroxylation sites is 1. The highest BCUT2D eigenvalue weighted by Gasteiger charge is 2.22. The minimum atomic E-state index is -0.850. The molecule has 3 aromatic carbocycles. The minimum Gasteiger partial charge on any atom is -0.495 e. The first kappa shape index (κ1) is 26.6. The van der Waals surface area contributed by atoms with Gasteiger partial charge >= 0.3 is 0 Å². The Hall–Kier alpha value is -5.03. The number of carbonyl (C=O) groups excluding carboxylic acids is 1. The fourth-order valence-electron chi connectivity index (χ4n) is 4.48. The van der Waals surface area contributed by atoms with Gasteiger partial charge in [-0.2, -0.15) is 0 Å². The standard InChI is InChI=1S/C29H29N5O6/c1-36-23-10-9-17(26-27(33-34-32-26)18-13-24(37-2)28(39-4)25(14-18)38-3)12-21(23)31-29(35)20(30)15-19-11-16-7-5-6-8-22(16)40-19/h5-14,20H,15,30H2,1-4H3,(H,31,35)(H,32,33,34). The fraction of sp³-hybridized carbons (Fsp3) is 0.207. The summed E-state index contributed by atoms with van der Waals surface area (Å²) in [6.45, 7) is 0. The predicted molar refractivity (Wildman–Crippen MR) is 150 cm³/mol. The van der Waals surface area contributed by atoms with Crippen molar-refractivity contribution in [2.45, 2.75) is 12.5 Å². The smallest absolute Gasteiger partial charge is 0.241 e. The van der Waals surface area contributed by atoms with Crippen molar-refractivity contribution in [1.82, 2.24) is 15.4 Å². The number of hydrogen-bond acceptors (Lipinski definition) is 9. The first-order valence-corrected chi connectivity index (χ1v) is 12.4. The quantitative estimate of drug-likeness (QED) is 0.233. The van der Waals surface area contributed by atoms with Crippen LogP contribution in [0.25, 0.3) is 33.5 Å². The molecule has 0 fully saturated rings. The summed E-state index contributed by atoms with van der Waals surface area (Å²) in [5, 5.41) is 15.1. The lowest BCUT2D eigenvalue weighted by Gasteiger charge is -2.15. The molecule has 1 atom stereocenters. The third-order valence-electron chi connectivity index (χ3n) is 6.47. The number of carbonyl (C=O) groups is 1. The lowest BCUT2D eigenvalue weighted by Crippen LogP contribution is -2.37. The molecule has 40 heavy (non-hydrogen) atoms. The Morgan fingerprint density at radius 3 is 2.33 bits per heavy atom. The first-order valence-electron chi connectivity index (χ1n) is 12.4. The molecule has 4 N–H and O–H groups in total. The van der Waals surface area contributed by atoms with Gasteiger partial charge in [-0.05, 0) is 42.5 Å². The van der Waals surface area contributed by atoms with Crippen molar-refractivity contribution in [2.24, 2.45) is 5.73 Å². The molecule has 0 radical (unpaired) electrons. The van der Waals surface area contributed by atoms with Crippen molar-refractivity contribution in [2.75, 3.05) is 33.8 Å². The highest BCUT2D eigenvalue weighted by atomic mass is 16.5. The number of nitrogens with zero attached hydrogens (tertiary/aromatic N) is 2. The van der Waals surface area contributed by atoms with Crippen LogP contribution in [0.1, 0.15) is 5.76 Å². The van der Waals surface area contributed by atoms with E-state index in [9.17, 15) is 4.79 Å². The third kappa shape index (κ3) is 5.14. The molecule has 0 aliphatic heterocycles. The lowest BCUT2D eigenvalue weighted by atomic mass is 10.0. The Labute approximate surface area is 230 Å². The highest BCUT2D eigenvalue weighted by molar-refractivity contribution is 5.97.